The summed E-state index contributed by atoms with van der Waals surface area (Å²) in [5, 5.41) is 34.8. The van der Waals surface area contributed by atoms with Crippen molar-refractivity contribution < 1.29 is 34.3 Å². The van der Waals surface area contributed by atoms with Crippen LogP contribution >= 0.6 is 0 Å². The molecule has 3 rings (SSSR count). The number of benzene rings is 3. The van der Waals surface area contributed by atoms with E-state index in [0.717, 1.165) is 18.2 Å². The summed E-state index contributed by atoms with van der Waals surface area (Å²) in [5.74, 6) is -3.98. The third-order valence-corrected chi connectivity index (χ3v) is 5.12. The molecule has 2 amide bonds. The molecule has 0 radical (unpaired) electrons. The van der Waals surface area contributed by atoms with Crippen LogP contribution in [0.25, 0.3) is 0 Å². The summed E-state index contributed by atoms with van der Waals surface area (Å²) in [4.78, 5) is 58.8. The average Bonchev–Trinajstić information content (AvgIpc) is 2.81. The molecule has 0 aliphatic heterocycles. The minimum Gasteiger partial charge on any atom is -0.478 e. The summed E-state index contributed by atoms with van der Waals surface area (Å²) in [6.45, 7) is 3.28. The maximum Gasteiger partial charge on any atom is 0.335 e. The lowest BCUT2D eigenvalue weighted by molar-refractivity contribution is -0.384. The van der Waals surface area contributed by atoms with E-state index in [9.17, 15) is 29.3 Å². The van der Waals surface area contributed by atoms with Gasteiger partial charge >= 0.3 is 11.9 Å². The maximum absolute atomic E-state index is 12.9. The van der Waals surface area contributed by atoms with Crippen LogP contribution in [0.1, 0.15) is 52.6 Å². The van der Waals surface area contributed by atoms with E-state index in [1.54, 1.807) is 13.8 Å². The Labute approximate surface area is 198 Å². The topological polar surface area (TPSA) is 176 Å². The van der Waals surface area contributed by atoms with Crippen molar-refractivity contribution in [2.75, 3.05) is 10.6 Å². The number of hydrogen-bond acceptors (Lipinski definition) is 6. The predicted octanol–water partition coefficient (Wildman–Crippen LogP) is 4.11. The highest BCUT2D eigenvalue weighted by Crippen LogP contribution is 2.23. The smallest absolute Gasteiger partial charge is 0.335 e. The first kappa shape index (κ1) is 24.6. The molecule has 0 fully saturated rings. The largest absolute Gasteiger partial charge is 0.478 e. The molecular weight excluding hydrogens is 458 g/mol. The normalized spacial score (nSPS) is 10.3. The molecule has 3 aromatic rings. The molecule has 35 heavy (non-hydrogen) atoms. The number of hydrogen-bond donors (Lipinski definition) is 4. The van der Waals surface area contributed by atoms with Gasteiger partial charge in [-0.3, -0.25) is 19.7 Å². The first-order valence-electron chi connectivity index (χ1n) is 10.1. The van der Waals surface area contributed by atoms with Crippen molar-refractivity contribution in [1.29, 1.82) is 0 Å². The second-order valence-corrected chi connectivity index (χ2v) is 7.60. The number of nitro groups is 1. The van der Waals surface area contributed by atoms with Gasteiger partial charge in [0.05, 0.1) is 16.1 Å². The van der Waals surface area contributed by atoms with E-state index in [4.69, 9.17) is 10.2 Å². The number of carbonyl (C=O) groups is 4. The fourth-order valence-electron chi connectivity index (χ4n) is 3.15. The number of aryl methyl sites for hydroxylation is 2. The molecule has 0 aliphatic rings. The van der Waals surface area contributed by atoms with Crippen LogP contribution in [0, 0.1) is 24.0 Å². The van der Waals surface area contributed by atoms with Crippen LogP contribution in [0.15, 0.2) is 54.6 Å². The van der Waals surface area contributed by atoms with Crippen molar-refractivity contribution in [3.8, 4) is 0 Å². The Balaban J connectivity index is 1.95. The van der Waals surface area contributed by atoms with Gasteiger partial charge in [-0.05, 0) is 55.3 Å². The van der Waals surface area contributed by atoms with E-state index >= 15 is 0 Å². The summed E-state index contributed by atoms with van der Waals surface area (Å²) < 4.78 is 0. The lowest BCUT2D eigenvalue weighted by Gasteiger charge is -2.12. The van der Waals surface area contributed by atoms with Crippen molar-refractivity contribution in [1.82, 2.24) is 0 Å². The van der Waals surface area contributed by atoms with E-state index in [-0.39, 0.29) is 33.6 Å². The lowest BCUT2D eigenvalue weighted by atomic mass is 10.1. The van der Waals surface area contributed by atoms with Crippen LogP contribution < -0.4 is 10.6 Å². The standard InChI is InChI=1S/C24H19N3O8/c1-12-3-5-14(23(30)31)10-19(12)25-21(28)16-7-17(9-18(8-16)27(34)35)22(29)26-20-11-15(24(32)33)6-4-13(20)2/h3-11H,1-2H3,(H,25,28)(H,26,29)(H,30,31)(H,32,33). The third kappa shape index (κ3) is 5.66. The molecule has 0 saturated carbocycles. The number of non-ortho nitro benzene ring substituents is 1. The Kier molecular flexibility index (Phi) is 6.90. The molecule has 0 saturated heterocycles. The van der Waals surface area contributed by atoms with E-state index in [1.165, 1.54) is 36.4 Å². The Morgan fingerprint density at radius 2 is 1.09 bits per heavy atom. The first-order valence-corrected chi connectivity index (χ1v) is 10.1. The molecule has 0 spiro atoms. The molecule has 0 aromatic heterocycles. The quantitative estimate of drug-likeness (QED) is 0.290. The number of rotatable bonds is 7. The van der Waals surface area contributed by atoms with Gasteiger partial charge in [0.25, 0.3) is 17.5 Å². The second-order valence-electron chi connectivity index (χ2n) is 7.60. The van der Waals surface area contributed by atoms with Gasteiger partial charge in [-0.1, -0.05) is 12.1 Å². The first-order chi connectivity index (χ1) is 16.5. The number of anilines is 2. The SMILES string of the molecule is Cc1ccc(C(=O)O)cc1NC(=O)c1cc(C(=O)Nc2cc(C(=O)O)ccc2C)cc([N+](=O)[O-])c1. The van der Waals surface area contributed by atoms with Gasteiger partial charge in [0.1, 0.15) is 0 Å². The zero-order chi connectivity index (χ0) is 25.9. The van der Waals surface area contributed by atoms with E-state index in [2.05, 4.69) is 10.6 Å². The van der Waals surface area contributed by atoms with Crippen LogP contribution in [-0.4, -0.2) is 38.9 Å². The van der Waals surface area contributed by atoms with Crippen LogP contribution in [0.3, 0.4) is 0 Å². The number of carboxylic acids is 2. The van der Waals surface area contributed by atoms with Gasteiger partial charge in [0, 0.05) is 34.6 Å². The van der Waals surface area contributed by atoms with Gasteiger partial charge in [-0.15, -0.1) is 0 Å². The van der Waals surface area contributed by atoms with Crippen LogP contribution in [-0.2, 0) is 0 Å². The number of aromatic carboxylic acids is 2. The molecule has 11 heteroatoms. The van der Waals surface area contributed by atoms with E-state index in [1.807, 2.05) is 0 Å². The van der Waals surface area contributed by atoms with Crippen LogP contribution in [0.2, 0.25) is 0 Å². The molecular formula is C24H19N3O8. The molecule has 0 atom stereocenters. The Hall–Kier alpha value is -5.06. The van der Waals surface area contributed by atoms with Gasteiger partial charge in [-0.2, -0.15) is 0 Å². The zero-order valence-electron chi connectivity index (χ0n) is 18.5. The lowest BCUT2D eigenvalue weighted by Crippen LogP contribution is -2.17. The van der Waals surface area contributed by atoms with E-state index < -0.39 is 34.4 Å². The molecule has 0 heterocycles. The summed E-state index contributed by atoms with van der Waals surface area (Å²) >= 11 is 0. The molecule has 178 valence electrons. The number of amides is 2. The number of carbonyl (C=O) groups excluding carboxylic acids is 2. The summed E-state index contributed by atoms with van der Waals surface area (Å²) in [6, 6.07) is 11.3. The van der Waals surface area contributed by atoms with Crippen molar-refractivity contribution in [2.45, 2.75) is 13.8 Å². The van der Waals surface area contributed by atoms with E-state index in [0.29, 0.717) is 11.1 Å². The van der Waals surface area contributed by atoms with Gasteiger partial charge in [0.15, 0.2) is 0 Å². The number of carboxylic acid groups (broad SMARTS) is 2. The minimum absolute atomic E-state index is 0.0658. The highest BCUT2D eigenvalue weighted by Gasteiger charge is 2.20. The molecule has 0 aliphatic carbocycles. The van der Waals surface area contributed by atoms with Crippen molar-refractivity contribution in [3.63, 3.8) is 0 Å². The fourth-order valence-corrected chi connectivity index (χ4v) is 3.15. The van der Waals surface area contributed by atoms with Gasteiger partial charge in [-0.25, -0.2) is 9.59 Å². The van der Waals surface area contributed by atoms with Gasteiger partial charge < -0.3 is 20.8 Å². The Morgan fingerprint density at radius 1 is 0.686 bits per heavy atom. The minimum atomic E-state index is -1.20. The summed E-state index contributed by atoms with van der Waals surface area (Å²) in [5.41, 5.74) is 0.423. The highest BCUT2D eigenvalue weighted by molar-refractivity contribution is 6.10. The fraction of sp³-hybridized carbons (Fsp3) is 0.0833. The Bertz CT molecular complexity index is 1300. The van der Waals surface area contributed by atoms with Crippen molar-refractivity contribution in [2.24, 2.45) is 0 Å². The van der Waals surface area contributed by atoms with Crippen molar-refractivity contribution in [3.05, 3.63) is 98.1 Å². The number of nitrogens with zero attached hydrogens (tertiary/aromatic N) is 1. The molecule has 0 bridgehead atoms. The molecule has 11 nitrogen and oxygen atoms in total. The average molecular weight is 477 g/mol. The molecule has 3 aromatic carbocycles. The second kappa shape index (κ2) is 9.83. The monoisotopic (exact) mass is 477 g/mol. The van der Waals surface area contributed by atoms with Crippen LogP contribution in [0.5, 0.6) is 0 Å². The maximum atomic E-state index is 12.9. The zero-order valence-corrected chi connectivity index (χ0v) is 18.5. The number of nitrogens with one attached hydrogen (secondary N) is 2. The third-order valence-electron chi connectivity index (χ3n) is 5.12. The van der Waals surface area contributed by atoms with Crippen molar-refractivity contribution >= 4 is 40.8 Å². The number of nitro benzene ring substituents is 1. The molecule has 0 unspecified atom stereocenters. The van der Waals surface area contributed by atoms with Crippen LogP contribution in [0.4, 0.5) is 17.1 Å². The van der Waals surface area contributed by atoms with Gasteiger partial charge in [0.2, 0.25) is 0 Å². The summed E-state index contributed by atoms with van der Waals surface area (Å²) in [7, 11) is 0. The Morgan fingerprint density at radius 3 is 1.43 bits per heavy atom. The predicted molar refractivity (Wildman–Crippen MR) is 125 cm³/mol. The highest BCUT2D eigenvalue weighted by atomic mass is 16.6. The summed E-state index contributed by atoms with van der Waals surface area (Å²) in [6.07, 6.45) is 0. The molecule has 4 N–H and O–H groups in total.